The minimum absolute atomic E-state index is 0.172. The molecule has 2 N–H and O–H groups in total. The van der Waals surface area contributed by atoms with Crippen LogP contribution in [0, 0.1) is 35.5 Å². The Morgan fingerprint density at radius 1 is 0.714 bits per heavy atom. The molecule has 8 atom stereocenters. The Hall–Kier alpha value is -1.06. The van der Waals surface area contributed by atoms with Crippen molar-refractivity contribution in [1.29, 1.82) is 0 Å². The molecule has 4 nitrogen and oxygen atoms in total. The molecular formula is C24H40N2O2. The van der Waals surface area contributed by atoms with Gasteiger partial charge in [0.1, 0.15) is 0 Å². The average molecular weight is 389 g/mol. The van der Waals surface area contributed by atoms with Crippen LogP contribution < -0.4 is 10.6 Å². The molecule has 0 radical (unpaired) electrons. The highest BCUT2D eigenvalue weighted by Gasteiger charge is 2.43. The quantitative estimate of drug-likeness (QED) is 0.574. The standard InChI is InChI=1S/C24H40N2O2/c1-15(21-13-17-7-9-19(21)11-17)25-23(27)5-3-4-6-24(28)26-16(2)22-14-18-8-10-20(22)12-18/h15-22H,3-14H2,1-2H3,(H,25,27)(H,26,28)/t15-,16+,17-,18-,19-,20-,21+,22+/m1/s1. The third kappa shape index (κ3) is 4.57. The summed E-state index contributed by atoms with van der Waals surface area (Å²) in [5.41, 5.74) is 0. The smallest absolute Gasteiger partial charge is 0.220 e. The Morgan fingerprint density at radius 2 is 1.14 bits per heavy atom. The van der Waals surface area contributed by atoms with E-state index in [4.69, 9.17) is 0 Å². The lowest BCUT2D eigenvalue weighted by molar-refractivity contribution is -0.124. The number of rotatable bonds is 9. The van der Waals surface area contributed by atoms with Gasteiger partial charge in [0, 0.05) is 24.9 Å². The number of hydrogen-bond acceptors (Lipinski definition) is 2. The van der Waals surface area contributed by atoms with Crippen molar-refractivity contribution in [2.75, 3.05) is 0 Å². The Labute approximate surface area is 171 Å². The Balaban J connectivity index is 1.07. The summed E-state index contributed by atoms with van der Waals surface area (Å²) in [5.74, 6) is 5.28. The van der Waals surface area contributed by atoms with Gasteiger partial charge < -0.3 is 10.6 Å². The van der Waals surface area contributed by atoms with E-state index in [0.717, 1.165) is 36.5 Å². The molecule has 158 valence electrons. The van der Waals surface area contributed by atoms with Gasteiger partial charge >= 0.3 is 0 Å². The van der Waals surface area contributed by atoms with Crippen molar-refractivity contribution in [3.05, 3.63) is 0 Å². The van der Waals surface area contributed by atoms with Crippen molar-refractivity contribution in [3.63, 3.8) is 0 Å². The number of fused-ring (bicyclic) bond motifs is 4. The maximum absolute atomic E-state index is 12.3. The van der Waals surface area contributed by atoms with E-state index in [-0.39, 0.29) is 11.8 Å². The van der Waals surface area contributed by atoms with Gasteiger partial charge in [0.15, 0.2) is 0 Å². The van der Waals surface area contributed by atoms with Crippen LogP contribution in [-0.4, -0.2) is 23.9 Å². The highest BCUT2D eigenvalue weighted by atomic mass is 16.2. The molecule has 0 aromatic rings. The van der Waals surface area contributed by atoms with E-state index in [1.54, 1.807) is 0 Å². The van der Waals surface area contributed by atoms with Gasteiger partial charge in [0.2, 0.25) is 11.8 Å². The molecule has 0 aromatic carbocycles. The number of carbonyl (C=O) groups excluding carboxylic acids is 2. The fraction of sp³-hybridized carbons (Fsp3) is 0.917. The molecule has 0 aromatic heterocycles. The largest absolute Gasteiger partial charge is 0.353 e. The number of unbranched alkanes of at least 4 members (excludes halogenated alkanes) is 1. The van der Waals surface area contributed by atoms with Crippen molar-refractivity contribution in [3.8, 4) is 0 Å². The van der Waals surface area contributed by atoms with Gasteiger partial charge in [-0.25, -0.2) is 0 Å². The molecule has 2 amide bonds. The van der Waals surface area contributed by atoms with Crippen LogP contribution in [0.5, 0.6) is 0 Å². The molecule has 4 heteroatoms. The van der Waals surface area contributed by atoms with Gasteiger partial charge in [-0.3, -0.25) is 9.59 Å². The monoisotopic (exact) mass is 388 g/mol. The average Bonchev–Trinajstić information content (AvgIpc) is 3.46. The van der Waals surface area contributed by atoms with Crippen LogP contribution in [0.3, 0.4) is 0 Å². The number of carbonyl (C=O) groups is 2. The first-order valence-corrected chi connectivity index (χ1v) is 12.1. The van der Waals surface area contributed by atoms with E-state index in [1.807, 2.05) is 0 Å². The minimum Gasteiger partial charge on any atom is -0.353 e. The van der Waals surface area contributed by atoms with E-state index < -0.39 is 0 Å². The first-order chi connectivity index (χ1) is 13.5. The van der Waals surface area contributed by atoms with Crippen LogP contribution in [-0.2, 0) is 9.59 Å². The van der Waals surface area contributed by atoms with Gasteiger partial charge in [-0.2, -0.15) is 0 Å². The van der Waals surface area contributed by atoms with Gasteiger partial charge in [-0.05, 0) is 101 Å². The second-order valence-electron chi connectivity index (χ2n) is 10.6. The van der Waals surface area contributed by atoms with Gasteiger partial charge in [0.25, 0.3) is 0 Å². The van der Waals surface area contributed by atoms with Crippen LogP contribution >= 0.6 is 0 Å². The molecule has 4 rings (SSSR count). The predicted octanol–water partition coefficient (Wildman–Crippen LogP) is 4.43. The van der Waals surface area contributed by atoms with Crippen LogP contribution in [0.4, 0.5) is 0 Å². The summed E-state index contributed by atoms with van der Waals surface area (Å²) in [6.07, 6.45) is 13.7. The first-order valence-electron chi connectivity index (χ1n) is 12.1. The van der Waals surface area contributed by atoms with Crippen molar-refractivity contribution >= 4 is 11.8 Å². The number of amides is 2. The summed E-state index contributed by atoms with van der Waals surface area (Å²) in [7, 11) is 0. The Kier molecular flexibility index (Phi) is 6.32. The molecule has 4 aliphatic rings. The lowest BCUT2D eigenvalue weighted by Crippen LogP contribution is -2.40. The topological polar surface area (TPSA) is 58.2 Å². The van der Waals surface area contributed by atoms with Crippen LogP contribution in [0.1, 0.15) is 90.9 Å². The number of nitrogens with one attached hydrogen (secondary N) is 2. The molecule has 0 spiro atoms. The van der Waals surface area contributed by atoms with E-state index in [1.165, 1.54) is 51.4 Å². The molecule has 0 heterocycles. The molecule has 4 saturated carbocycles. The molecule has 0 unspecified atom stereocenters. The highest BCUT2D eigenvalue weighted by Crippen LogP contribution is 2.50. The summed E-state index contributed by atoms with van der Waals surface area (Å²) in [6, 6.07) is 0.627. The molecule has 4 bridgehead atoms. The molecule has 4 fully saturated rings. The van der Waals surface area contributed by atoms with Gasteiger partial charge in [-0.15, -0.1) is 0 Å². The maximum atomic E-state index is 12.3. The van der Waals surface area contributed by atoms with Gasteiger partial charge in [0.05, 0.1) is 0 Å². The highest BCUT2D eigenvalue weighted by molar-refractivity contribution is 5.77. The zero-order chi connectivity index (χ0) is 19.7. The lowest BCUT2D eigenvalue weighted by Gasteiger charge is -2.28. The summed E-state index contributed by atoms with van der Waals surface area (Å²) < 4.78 is 0. The second-order valence-corrected chi connectivity index (χ2v) is 10.6. The summed E-state index contributed by atoms with van der Waals surface area (Å²) in [5, 5.41) is 6.48. The molecular weight excluding hydrogens is 348 g/mol. The van der Waals surface area contributed by atoms with Crippen molar-refractivity contribution in [1.82, 2.24) is 10.6 Å². The van der Waals surface area contributed by atoms with Crippen molar-refractivity contribution < 1.29 is 9.59 Å². The van der Waals surface area contributed by atoms with E-state index in [2.05, 4.69) is 24.5 Å². The predicted molar refractivity (Wildman–Crippen MR) is 112 cm³/mol. The molecule has 0 aliphatic heterocycles. The molecule has 28 heavy (non-hydrogen) atoms. The second kappa shape index (κ2) is 8.75. The SMILES string of the molecule is C[C@H](NC(=O)CCCCC(=O)N[C@H](C)[C@@H]1C[C@@H]2CC[C@@H]1C2)[C@@H]1C[C@@H]2CC[C@@H]1C2. The van der Waals surface area contributed by atoms with E-state index >= 15 is 0 Å². The fourth-order valence-corrected chi connectivity index (χ4v) is 7.25. The zero-order valence-electron chi connectivity index (χ0n) is 17.9. The minimum atomic E-state index is 0.172. The normalized spacial score (nSPS) is 37.8. The molecule has 0 saturated heterocycles. The third-order valence-electron chi connectivity index (χ3n) is 8.71. The fourth-order valence-electron chi connectivity index (χ4n) is 7.25. The summed E-state index contributed by atoms with van der Waals surface area (Å²) in [6.45, 7) is 4.38. The third-order valence-corrected chi connectivity index (χ3v) is 8.71. The van der Waals surface area contributed by atoms with Gasteiger partial charge in [-0.1, -0.05) is 12.8 Å². The lowest BCUT2D eigenvalue weighted by atomic mass is 9.84. The zero-order valence-corrected chi connectivity index (χ0v) is 17.9. The number of hydrogen-bond donors (Lipinski definition) is 2. The van der Waals surface area contributed by atoms with E-state index in [9.17, 15) is 9.59 Å². The Morgan fingerprint density at radius 3 is 1.46 bits per heavy atom. The van der Waals surface area contributed by atoms with E-state index in [0.29, 0.717) is 36.8 Å². The first kappa shape index (κ1) is 20.2. The maximum Gasteiger partial charge on any atom is 0.220 e. The van der Waals surface area contributed by atoms with Crippen molar-refractivity contribution in [2.24, 2.45) is 35.5 Å². The summed E-state index contributed by atoms with van der Waals surface area (Å²) in [4.78, 5) is 24.5. The summed E-state index contributed by atoms with van der Waals surface area (Å²) >= 11 is 0. The molecule has 4 aliphatic carbocycles. The van der Waals surface area contributed by atoms with Crippen LogP contribution in [0.25, 0.3) is 0 Å². The van der Waals surface area contributed by atoms with Crippen LogP contribution in [0.15, 0.2) is 0 Å². The van der Waals surface area contributed by atoms with Crippen molar-refractivity contribution in [2.45, 2.75) is 103 Å². The van der Waals surface area contributed by atoms with Crippen LogP contribution in [0.2, 0.25) is 0 Å². The Bertz CT molecular complexity index is 527.